The van der Waals surface area contributed by atoms with Crippen LogP contribution in [0.25, 0.3) is 11.8 Å². The summed E-state index contributed by atoms with van der Waals surface area (Å²) < 4.78 is 20.1. The van der Waals surface area contributed by atoms with Gasteiger partial charge in [0.1, 0.15) is 6.61 Å². The molecule has 0 amide bonds. The lowest BCUT2D eigenvalue weighted by Gasteiger charge is -2.26. The third-order valence-corrected chi connectivity index (χ3v) is 9.88. The molecule has 50 heavy (non-hydrogen) atoms. The smallest absolute Gasteiger partial charge is 0.338 e. The predicted molar refractivity (Wildman–Crippen MR) is 198 cm³/mol. The van der Waals surface area contributed by atoms with Gasteiger partial charge in [-0.3, -0.25) is 9.36 Å². The molecular weight excluding hydrogens is 714 g/mol. The van der Waals surface area contributed by atoms with E-state index in [9.17, 15) is 9.59 Å². The van der Waals surface area contributed by atoms with Gasteiger partial charge in [-0.25, -0.2) is 9.79 Å². The Labute approximate surface area is 302 Å². The maximum absolute atomic E-state index is 14.4. The summed E-state index contributed by atoms with van der Waals surface area (Å²) in [6.45, 7) is 6.45. The fourth-order valence-corrected chi connectivity index (χ4v) is 7.34. The van der Waals surface area contributed by atoms with E-state index >= 15 is 0 Å². The summed E-state index contributed by atoms with van der Waals surface area (Å²) >= 11 is 4.88. The Morgan fingerprint density at radius 2 is 1.78 bits per heavy atom. The molecule has 5 aromatic rings. The van der Waals surface area contributed by atoms with Crippen LogP contribution in [-0.2, 0) is 16.1 Å². The molecule has 0 bridgehead atoms. The molecule has 0 unspecified atom stereocenters. The number of fused-ring (bicyclic) bond motifs is 1. The van der Waals surface area contributed by atoms with E-state index in [2.05, 4.69) is 35.8 Å². The molecule has 0 N–H and O–H groups in total. The van der Waals surface area contributed by atoms with Crippen molar-refractivity contribution >= 4 is 45.0 Å². The second kappa shape index (κ2) is 15.1. The van der Waals surface area contributed by atoms with Crippen LogP contribution in [0, 0.1) is 11.3 Å². The third-order valence-electron chi connectivity index (χ3n) is 8.31. The van der Waals surface area contributed by atoms with Crippen molar-refractivity contribution in [1.82, 2.24) is 4.57 Å². The van der Waals surface area contributed by atoms with Gasteiger partial charge in [-0.05, 0) is 81.4 Å². The molecule has 1 aromatic heterocycles. The molecule has 10 heteroatoms. The first-order valence-electron chi connectivity index (χ1n) is 16.1. The molecule has 0 spiro atoms. The Morgan fingerprint density at radius 3 is 2.42 bits per heavy atom. The summed E-state index contributed by atoms with van der Waals surface area (Å²) in [4.78, 5) is 33.6. The highest BCUT2D eigenvalue weighted by atomic mass is 79.9. The van der Waals surface area contributed by atoms with Gasteiger partial charge < -0.3 is 14.2 Å². The van der Waals surface area contributed by atoms with Gasteiger partial charge in [0.05, 0.1) is 51.7 Å². The second-order valence-corrected chi connectivity index (χ2v) is 13.7. The number of aromatic nitrogens is 1. The van der Waals surface area contributed by atoms with Crippen molar-refractivity contribution in [3.63, 3.8) is 0 Å². The molecular formula is C40H34BrN3O5S. The zero-order valence-corrected chi connectivity index (χ0v) is 30.4. The Bertz CT molecular complexity index is 2300. The molecule has 6 rings (SSSR count). The Hall–Kier alpha value is -5.24. The van der Waals surface area contributed by atoms with Crippen molar-refractivity contribution in [2.75, 3.05) is 13.7 Å². The number of nitrogens with zero attached hydrogens (tertiary/aromatic N) is 3. The Morgan fingerprint density at radius 1 is 1.06 bits per heavy atom. The quantitative estimate of drug-likeness (QED) is 0.139. The van der Waals surface area contributed by atoms with Crippen molar-refractivity contribution in [2.45, 2.75) is 39.3 Å². The van der Waals surface area contributed by atoms with E-state index in [0.717, 1.165) is 22.3 Å². The van der Waals surface area contributed by atoms with E-state index in [1.165, 1.54) is 11.3 Å². The molecule has 1 aliphatic rings. The van der Waals surface area contributed by atoms with Crippen molar-refractivity contribution in [3.05, 3.63) is 154 Å². The number of hydrogen-bond acceptors (Lipinski definition) is 8. The summed E-state index contributed by atoms with van der Waals surface area (Å²) in [5.74, 6) is 0.778. The number of carbonyl (C=O) groups is 1. The predicted octanol–water partition coefficient (Wildman–Crippen LogP) is 7.28. The number of carbonyl (C=O) groups excluding carboxylic acids is 1. The zero-order valence-electron chi connectivity index (χ0n) is 28.0. The molecule has 2 heterocycles. The molecule has 252 valence electrons. The number of rotatable bonds is 10. The molecule has 0 fully saturated rings. The highest BCUT2D eigenvalue weighted by Gasteiger charge is 2.35. The van der Waals surface area contributed by atoms with Gasteiger partial charge in [0.2, 0.25) is 0 Å². The standard InChI is InChI=1S/C40H34BrN3O5S/c1-5-48-39(46)34-35(29-9-7-6-8-10-29)43-40-44(36(34)30-17-15-28(16-18-30)24(2)3)38(45)33(50-40)21-27-19-31(41)37(32(20-27)47-4)49-23-26-13-11-25(22-42)12-14-26/h6-21,24,36H,5,23H2,1-4H3/t36-/m1/s1. The SMILES string of the molecule is CCOC(=O)C1=C(c2ccccc2)N=c2sc(=Cc3cc(Br)c(OCc4ccc(C#N)cc4)c(OC)c3)c(=O)n2[C@@H]1c1ccc(C(C)C)cc1. The number of ether oxygens (including phenoxy) is 3. The van der Waals surface area contributed by atoms with Crippen molar-refractivity contribution in [3.8, 4) is 17.6 Å². The van der Waals surface area contributed by atoms with Gasteiger partial charge in [0, 0.05) is 5.56 Å². The lowest BCUT2D eigenvalue weighted by Crippen LogP contribution is -2.40. The highest BCUT2D eigenvalue weighted by molar-refractivity contribution is 9.10. The maximum atomic E-state index is 14.4. The number of hydrogen-bond donors (Lipinski definition) is 0. The Kier molecular flexibility index (Phi) is 10.5. The number of halogens is 1. The minimum Gasteiger partial charge on any atom is -0.493 e. The van der Waals surface area contributed by atoms with Gasteiger partial charge in [0.15, 0.2) is 16.3 Å². The summed E-state index contributed by atoms with van der Waals surface area (Å²) in [5.41, 5.74) is 5.36. The van der Waals surface area contributed by atoms with E-state index in [0.29, 0.717) is 53.6 Å². The number of methoxy groups -OCH3 is 1. The number of benzene rings is 4. The summed E-state index contributed by atoms with van der Waals surface area (Å²) in [6, 6.07) is 29.7. The fourth-order valence-electron chi connectivity index (χ4n) is 5.76. The zero-order chi connectivity index (χ0) is 35.4. The molecule has 0 saturated heterocycles. The van der Waals surface area contributed by atoms with Gasteiger partial charge in [-0.2, -0.15) is 5.26 Å². The van der Waals surface area contributed by atoms with Crippen LogP contribution in [-0.4, -0.2) is 24.3 Å². The van der Waals surface area contributed by atoms with E-state index in [1.807, 2.05) is 72.8 Å². The molecule has 4 aromatic carbocycles. The molecule has 0 radical (unpaired) electrons. The van der Waals surface area contributed by atoms with Crippen LogP contribution >= 0.6 is 27.3 Å². The Balaban J connectivity index is 1.47. The number of thiazole rings is 1. The lowest BCUT2D eigenvalue weighted by atomic mass is 9.91. The van der Waals surface area contributed by atoms with Crippen LogP contribution < -0.4 is 24.4 Å². The normalized spacial score (nSPS) is 14.2. The molecule has 0 saturated carbocycles. The number of nitriles is 1. The molecule has 0 aliphatic carbocycles. The molecule has 8 nitrogen and oxygen atoms in total. The average molecular weight is 749 g/mol. The van der Waals surface area contributed by atoms with Crippen LogP contribution in [0.2, 0.25) is 0 Å². The van der Waals surface area contributed by atoms with E-state index in [1.54, 1.807) is 42.9 Å². The van der Waals surface area contributed by atoms with Gasteiger partial charge in [0.25, 0.3) is 5.56 Å². The molecule has 1 aliphatic heterocycles. The molecule has 1 atom stereocenters. The van der Waals surface area contributed by atoms with Crippen LogP contribution in [0.3, 0.4) is 0 Å². The first-order chi connectivity index (χ1) is 24.2. The summed E-state index contributed by atoms with van der Waals surface area (Å²) in [7, 11) is 1.56. The lowest BCUT2D eigenvalue weighted by molar-refractivity contribution is -0.138. The number of esters is 1. The fraction of sp³-hybridized carbons (Fsp3) is 0.200. The summed E-state index contributed by atoms with van der Waals surface area (Å²) in [6.07, 6.45) is 1.79. The maximum Gasteiger partial charge on any atom is 0.338 e. The van der Waals surface area contributed by atoms with Crippen LogP contribution in [0.15, 0.2) is 111 Å². The topological polar surface area (TPSA) is 103 Å². The van der Waals surface area contributed by atoms with Crippen molar-refractivity contribution in [1.29, 1.82) is 5.26 Å². The second-order valence-electron chi connectivity index (χ2n) is 11.9. The van der Waals surface area contributed by atoms with Crippen molar-refractivity contribution < 1.29 is 19.0 Å². The first kappa shape index (κ1) is 34.6. The van der Waals surface area contributed by atoms with E-state index < -0.39 is 12.0 Å². The van der Waals surface area contributed by atoms with Gasteiger partial charge in [-0.15, -0.1) is 0 Å². The minimum absolute atomic E-state index is 0.178. The van der Waals surface area contributed by atoms with Crippen LogP contribution in [0.5, 0.6) is 11.5 Å². The summed E-state index contributed by atoms with van der Waals surface area (Å²) in [5, 5.41) is 9.09. The van der Waals surface area contributed by atoms with E-state index in [4.69, 9.17) is 24.5 Å². The minimum atomic E-state index is -0.761. The first-order valence-corrected chi connectivity index (χ1v) is 17.7. The average Bonchev–Trinajstić information content (AvgIpc) is 3.44. The third kappa shape index (κ3) is 7.06. The van der Waals surface area contributed by atoms with E-state index in [-0.39, 0.29) is 18.8 Å². The highest BCUT2D eigenvalue weighted by Crippen LogP contribution is 2.38. The van der Waals surface area contributed by atoms with Crippen LogP contribution in [0.4, 0.5) is 0 Å². The van der Waals surface area contributed by atoms with Gasteiger partial charge in [-0.1, -0.05) is 91.9 Å². The monoisotopic (exact) mass is 747 g/mol. The van der Waals surface area contributed by atoms with Crippen LogP contribution in [0.1, 0.15) is 66.1 Å². The largest absolute Gasteiger partial charge is 0.493 e. The van der Waals surface area contributed by atoms with Gasteiger partial charge >= 0.3 is 5.97 Å². The van der Waals surface area contributed by atoms with Crippen molar-refractivity contribution in [2.24, 2.45) is 4.99 Å².